The number of hydrogen-bond acceptors (Lipinski definition) is 4. The molecule has 2 aromatic heterocycles. The summed E-state index contributed by atoms with van der Waals surface area (Å²) in [5, 5.41) is 2.47. The third-order valence-corrected chi connectivity index (χ3v) is 7.28. The summed E-state index contributed by atoms with van der Waals surface area (Å²) < 4.78 is 2.38. The van der Waals surface area contributed by atoms with Crippen molar-refractivity contribution in [2.75, 3.05) is 16.8 Å². The quantitative estimate of drug-likeness (QED) is 0.180. The van der Waals surface area contributed by atoms with Crippen LogP contribution in [0.3, 0.4) is 0 Å². The van der Waals surface area contributed by atoms with Crippen molar-refractivity contribution in [2.24, 2.45) is 0 Å². The van der Waals surface area contributed by atoms with Gasteiger partial charge < -0.3 is 24.3 Å². The van der Waals surface area contributed by atoms with Crippen LogP contribution in [-0.2, 0) is 21.1 Å². The van der Waals surface area contributed by atoms with Gasteiger partial charge in [0.2, 0.25) is 0 Å². The monoisotopic (exact) mass is 683 g/mol. The summed E-state index contributed by atoms with van der Waals surface area (Å²) in [6.45, 7) is 2.05. The molecule has 6 heteroatoms. The summed E-state index contributed by atoms with van der Waals surface area (Å²) in [6, 6.07) is 39.2. The molecule has 5 nitrogen and oxygen atoms in total. The maximum atomic E-state index is 4.60. The van der Waals surface area contributed by atoms with Gasteiger partial charge in [0, 0.05) is 43.6 Å². The molecule has 0 saturated heterocycles. The zero-order valence-corrected chi connectivity index (χ0v) is 23.3. The van der Waals surface area contributed by atoms with Gasteiger partial charge in [-0.2, -0.15) is 12.7 Å². The molecule has 0 saturated carbocycles. The molecule has 2 aliphatic heterocycles. The first-order valence-electron chi connectivity index (χ1n) is 12.6. The van der Waals surface area contributed by atoms with Gasteiger partial charge >= 0.3 is 0 Å². The minimum absolute atomic E-state index is 0. The molecule has 0 atom stereocenters. The van der Waals surface area contributed by atoms with Gasteiger partial charge in [-0.05, 0) is 54.7 Å². The third-order valence-electron chi connectivity index (χ3n) is 7.28. The average Bonchev–Trinajstić information content (AvgIpc) is 3.56. The molecule has 39 heavy (non-hydrogen) atoms. The van der Waals surface area contributed by atoms with Crippen LogP contribution in [-0.4, -0.2) is 21.5 Å². The first-order valence-corrected chi connectivity index (χ1v) is 12.6. The molecular weight excluding hydrogens is 661 g/mol. The number of hydrogen-bond donors (Lipinski definition) is 0. The number of benzene rings is 4. The summed E-state index contributed by atoms with van der Waals surface area (Å²) in [4.78, 5) is 11.0. The van der Waals surface area contributed by atoms with E-state index < -0.39 is 0 Å². The van der Waals surface area contributed by atoms with Crippen LogP contribution >= 0.6 is 0 Å². The summed E-state index contributed by atoms with van der Waals surface area (Å²) >= 11 is 0. The van der Waals surface area contributed by atoms with Crippen molar-refractivity contribution in [1.82, 2.24) is 14.5 Å². The van der Waals surface area contributed by atoms with E-state index in [0.29, 0.717) is 0 Å². The number of rotatable bonds is 3. The van der Waals surface area contributed by atoms with Gasteiger partial charge in [-0.25, -0.2) is 0 Å². The maximum Gasteiger partial charge on any atom is 0.0696 e. The molecule has 6 aromatic rings. The second kappa shape index (κ2) is 9.14. The average molecular weight is 684 g/mol. The molecule has 0 aliphatic carbocycles. The maximum absolute atomic E-state index is 4.60. The first kappa shape index (κ1) is 23.8. The molecule has 0 N–H and O–H groups in total. The number of para-hydroxylation sites is 2. The van der Waals surface area contributed by atoms with Crippen molar-refractivity contribution in [1.29, 1.82) is 0 Å². The van der Waals surface area contributed by atoms with Crippen LogP contribution in [0.4, 0.5) is 22.7 Å². The standard InChI is InChI=1S/C33H22N5.Pt/c1-35-18-19-36(22-35)24-8-6-9-25(21-24)37-31-14-7-11-27-26-10-2-3-13-29(26)38(33(27)31)30-16-15-23(20-32(30)37)28-12-4-5-17-34-28;/h2-19,22H,1H3;/q-3;. The molecule has 4 heterocycles. The zero-order chi connectivity index (χ0) is 25.2. The topological polar surface area (TPSA) is 27.5 Å². The fourth-order valence-corrected chi connectivity index (χ4v) is 5.62. The number of aromatic nitrogens is 2. The van der Waals surface area contributed by atoms with E-state index in [9.17, 15) is 0 Å². The Kier molecular flexibility index (Phi) is 5.57. The van der Waals surface area contributed by atoms with Crippen molar-refractivity contribution in [2.45, 2.75) is 0 Å². The molecule has 4 aromatic carbocycles. The molecule has 0 bridgehead atoms. The summed E-state index contributed by atoms with van der Waals surface area (Å²) in [7, 11) is 2.02. The SMILES string of the molecule is CN1C=CN(c2[c-]c(N3c4[c-]c(-c5ccccn5)ccc4-n4c5ccccc5c5cccc3c54)ccc2)[CH-]1.[Pt]. The van der Waals surface area contributed by atoms with Crippen LogP contribution in [0.2, 0.25) is 0 Å². The number of anilines is 4. The molecule has 0 unspecified atom stereocenters. The molecule has 0 amide bonds. The Balaban J connectivity index is 0.00000253. The Morgan fingerprint density at radius 1 is 0.718 bits per heavy atom. The molecule has 8 rings (SSSR count). The Morgan fingerprint density at radius 3 is 2.38 bits per heavy atom. The predicted octanol–water partition coefficient (Wildman–Crippen LogP) is 7.57. The molecule has 0 radical (unpaired) electrons. The predicted molar refractivity (Wildman–Crippen MR) is 154 cm³/mol. The van der Waals surface area contributed by atoms with Crippen molar-refractivity contribution in [3.8, 4) is 16.9 Å². The number of pyridine rings is 1. The molecular formula is C33H22N5Pt-3. The van der Waals surface area contributed by atoms with Crippen molar-refractivity contribution < 1.29 is 21.1 Å². The molecule has 192 valence electrons. The Bertz CT molecular complexity index is 1890. The molecule has 0 spiro atoms. The van der Waals surface area contributed by atoms with Crippen LogP contribution in [0, 0.1) is 18.8 Å². The summed E-state index contributed by atoms with van der Waals surface area (Å²) in [6.07, 6.45) is 5.90. The number of fused-ring (bicyclic) bond motifs is 5. The van der Waals surface area contributed by atoms with E-state index in [2.05, 4.69) is 104 Å². The molecule has 2 aliphatic rings. The zero-order valence-electron chi connectivity index (χ0n) is 21.0. The minimum Gasteiger partial charge on any atom is -0.510 e. The second-order valence-electron chi connectivity index (χ2n) is 9.59. The molecule has 0 fully saturated rings. The van der Waals surface area contributed by atoms with Crippen LogP contribution < -0.4 is 9.80 Å². The fraction of sp³-hybridized carbons (Fsp3) is 0.0303. The second-order valence-corrected chi connectivity index (χ2v) is 9.59. The Hall–Kier alpha value is -4.34. The van der Waals surface area contributed by atoms with E-state index in [-0.39, 0.29) is 21.1 Å². The third kappa shape index (κ3) is 3.61. The largest absolute Gasteiger partial charge is 0.510 e. The first-order chi connectivity index (χ1) is 18.8. The van der Waals surface area contributed by atoms with Crippen molar-refractivity contribution in [3.05, 3.63) is 128 Å². The van der Waals surface area contributed by atoms with Gasteiger partial charge in [-0.3, -0.25) is 0 Å². The van der Waals surface area contributed by atoms with E-state index in [4.69, 9.17) is 0 Å². The summed E-state index contributed by atoms with van der Waals surface area (Å²) in [5.74, 6) is 0. The van der Waals surface area contributed by atoms with Gasteiger partial charge in [0.15, 0.2) is 0 Å². The smallest absolute Gasteiger partial charge is 0.0696 e. The Morgan fingerprint density at radius 2 is 1.54 bits per heavy atom. The van der Waals surface area contributed by atoms with Gasteiger partial charge in [-0.15, -0.1) is 47.6 Å². The van der Waals surface area contributed by atoms with Gasteiger partial charge in [0.25, 0.3) is 0 Å². The van der Waals surface area contributed by atoms with Gasteiger partial charge in [0.05, 0.1) is 11.2 Å². The van der Waals surface area contributed by atoms with Crippen LogP contribution in [0.15, 0.2) is 110 Å². The van der Waals surface area contributed by atoms with E-state index >= 15 is 0 Å². The van der Waals surface area contributed by atoms with Crippen molar-refractivity contribution >= 4 is 44.6 Å². The normalized spacial score (nSPS) is 13.7. The van der Waals surface area contributed by atoms with Crippen molar-refractivity contribution in [3.63, 3.8) is 0 Å². The summed E-state index contributed by atoms with van der Waals surface area (Å²) in [5.41, 5.74) is 9.32. The van der Waals surface area contributed by atoms with Gasteiger partial charge in [-0.1, -0.05) is 48.2 Å². The Labute approximate surface area is 241 Å². The van der Waals surface area contributed by atoms with Crippen LogP contribution in [0.1, 0.15) is 0 Å². The van der Waals surface area contributed by atoms with Gasteiger partial charge in [0.1, 0.15) is 0 Å². The number of nitrogens with zero attached hydrogens (tertiary/aromatic N) is 5. The van der Waals surface area contributed by atoms with E-state index in [1.807, 2.05) is 55.4 Å². The van der Waals surface area contributed by atoms with E-state index in [0.717, 1.165) is 39.7 Å². The van der Waals surface area contributed by atoms with Crippen LogP contribution in [0.5, 0.6) is 0 Å². The minimum atomic E-state index is 0. The van der Waals surface area contributed by atoms with E-state index in [1.165, 1.54) is 21.8 Å². The van der Waals surface area contributed by atoms with E-state index in [1.54, 1.807) is 0 Å². The fourth-order valence-electron chi connectivity index (χ4n) is 5.62. The van der Waals surface area contributed by atoms with Crippen LogP contribution in [0.25, 0.3) is 38.8 Å².